The van der Waals surface area contributed by atoms with Crippen molar-refractivity contribution in [3.8, 4) is 11.1 Å². The summed E-state index contributed by atoms with van der Waals surface area (Å²) < 4.78 is 0. The van der Waals surface area contributed by atoms with Crippen LogP contribution in [0.1, 0.15) is 97.8 Å². The summed E-state index contributed by atoms with van der Waals surface area (Å²) in [5.74, 6) is 0.474. The minimum Gasteiger partial charge on any atom is -0.300 e. The molecule has 0 atom stereocenters. The van der Waals surface area contributed by atoms with Crippen molar-refractivity contribution in [3.05, 3.63) is 102 Å². The Balaban J connectivity index is -0.000000475. The van der Waals surface area contributed by atoms with Gasteiger partial charge in [-0.05, 0) is 89.1 Å². The number of Topliss-reactive ketones (excluding diaryl/α,β-unsaturated/α-hetero) is 2. The summed E-state index contributed by atoms with van der Waals surface area (Å²) in [4.78, 5) is 19.6. The van der Waals surface area contributed by atoms with Crippen molar-refractivity contribution in [3.63, 3.8) is 0 Å². The number of ketones is 2. The molecule has 210 valence electrons. The maximum Gasteiger partial charge on any atom is 0.129 e. The van der Waals surface area contributed by atoms with Gasteiger partial charge in [0.25, 0.3) is 0 Å². The number of aryl methyl sites for hydroxylation is 1. The van der Waals surface area contributed by atoms with Crippen LogP contribution in [0.5, 0.6) is 0 Å². The van der Waals surface area contributed by atoms with Crippen molar-refractivity contribution >= 4 is 17.6 Å². The molecule has 2 aromatic rings. The molecule has 0 bridgehead atoms. The molecule has 0 aliphatic carbocycles. The van der Waals surface area contributed by atoms with Crippen LogP contribution in [0, 0.1) is 13.8 Å². The summed E-state index contributed by atoms with van der Waals surface area (Å²) in [6.45, 7) is 26.6. The van der Waals surface area contributed by atoms with Gasteiger partial charge in [0.1, 0.15) is 11.6 Å². The summed E-state index contributed by atoms with van der Waals surface area (Å²) in [6, 6.07) is 14.9. The van der Waals surface area contributed by atoms with Crippen molar-refractivity contribution in [2.45, 2.75) is 94.9 Å². The highest BCUT2D eigenvalue weighted by Gasteiger charge is 2.02. The fourth-order valence-electron chi connectivity index (χ4n) is 2.76. The Bertz CT molecular complexity index is 969. The Labute approximate surface area is 235 Å². The predicted octanol–water partition coefficient (Wildman–Crippen LogP) is 11.1. The van der Waals surface area contributed by atoms with Crippen LogP contribution in [0.25, 0.3) is 17.2 Å². The minimum atomic E-state index is 0.167. The molecule has 0 aliphatic rings. The van der Waals surface area contributed by atoms with Gasteiger partial charge in [0.05, 0.1) is 0 Å². The zero-order chi connectivity index (χ0) is 29.9. The lowest BCUT2D eigenvalue weighted by Gasteiger charge is -2.08. The van der Waals surface area contributed by atoms with Crippen molar-refractivity contribution < 1.29 is 9.59 Å². The van der Waals surface area contributed by atoms with Crippen molar-refractivity contribution in [2.75, 3.05) is 0 Å². The maximum absolute atomic E-state index is 10.2. The molecule has 0 spiro atoms. The smallest absolute Gasteiger partial charge is 0.129 e. The summed E-state index contributed by atoms with van der Waals surface area (Å²) in [5.41, 5.74) is 7.68. The van der Waals surface area contributed by atoms with Crippen LogP contribution in [-0.4, -0.2) is 11.6 Å². The number of allylic oxidation sites excluding steroid dienone is 5. The number of hydrogen-bond acceptors (Lipinski definition) is 2. The van der Waals surface area contributed by atoms with E-state index in [9.17, 15) is 9.59 Å². The van der Waals surface area contributed by atoms with Gasteiger partial charge in [-0.15, -0.1) is 0 Å². The highest BCUT2D eigenvalue weighted by Crippen LogP contribution is 2.25. The molecular weight excluding hydrogens is 464 g/mol. The molecular formula is C36H54O2. The van der Waals surface area contributed by atoms with Crippen LogP contribution in [0.15, 0.2) is 85.5 Å². The third kappa shape index (κ3) is 23.2. The van der Waals surface area contributed by atoms with Crippen LogP contribution >= 0.6 is 0 Å². The van der Waals surface area contributed by atoms with Gasteiger partial charge in [0.2, 0.25) is 0 Å². The average molecular weight is 519 g/mol. The second kappa shape index (κ2) is 26.8. The van der Waals surface area contributed by atoms with E-state index in [1.165, 1.54) is 41.7 Å². The minimum absolute atomic E-state index is 0.167. The zero-order valence-corrected chi connectivity index (χ0v) is 26.0. The number of carbonyl (C=O) groups is 2. The number of carbonyl (C=O) groups excluding carboxylic acids is 2. The van der Waals surface area contributed by atoms with E-state index in [-0.39, 0.29) is 5.78 Å². The van der Waals surface area contributed by atoms with Gasteiger partial charge >= 0.3 is 0 Å². The molecule has 0 amide bonds. The molecule has 0 saturated heterocycles. The number of rotatable bonds is 8. The zero-order valence-electron chi connectivity index (χ0n) is 26.0. The average Bonchev–Trinajstić information content (AvgIpc) is 2.90. The molecule has 2 aromatic carbocycles. The van der Waals surface area contributed by atoms with Crippen molar-refractivity contribution in [2.24, 2.45) is 0 Å². The lowest BCUT2D eigenvalue weighted by Crippen LogP contribution is -1.86. The van der Waals surface area contributed by atoms with E-state index in [0.717, 1.165) is 31.2 Å². The van der Waals surface area contributed by atoms with Crippen LogP contribution < -0.4 is 0 Å². The van der Waals surface area contributed by atoms with E-state index in [4.69, 9.17) is 0 Å². The van der Waals surface area contributed by atoms with Crippen molar-refractivity contribution in [1.29, 1.82) is 0 Å². The third-order valence-corrected chi connectivity index (χ3v) is 5.08. The Morgan fingerprint density at radius 3 is 1.84 bits per heavy atom. The van der Waals surface area contributed by atoms with Gasteiger partial charge in [-0.1, -0.05) is 119 Å². The molecule has 2 rings (SSSR count). The van der Waals surface area contributed by atoms with E-state index in [0.29, 0.717) is 5.78 Å². The molecule has 2 heteroatoms. The normalized spacial score (nSPS) is 9.68. The number of hydrogen-bond donors (Lipinski definition) is 0. The highest BCUT2D eigenvalue weighted by atomic mass is 16.1. The SMILES string of the molecule is C=C/C(C)=C/C/C=C\C.C=Cc1ccc(-c2cccc(C)c2C)cc1.CC.CC(C)=O.CCCCC(C)=O. The molecule has 0 N–H and O–H groups in total. The molecule has 0 aromatic heterocycles. The van der Waals surface area contributed by atoms with Crippen LogP contribution in [-0.2, 0) is 9.59 Å². The topological polar surface area (TPSA) is 34.1 Å². The fraction of sp³-hybridized carbons (Fsp3) is 0.389. The lowest BCUT2D eigenvalue weighted by molar-refractivity contribution is -0.117. The van der Waals surface area contributed by atoms with Crippen LogP contribution in [0.2, 0.25) is 0 Å². The summed E-state index contributed by atoms with van der Waals surface area (Å²) in [6.07, 6.45) is 14.0. The molecule has 0 aliphatic heterocycles. The van der Waals surface area contributed by atoms with E-state index in [1.807, 2.05) is 39.0 Å². The maximum atomic E-state index is 10.2. The molecule has 0 fully saturated rings. The van der Waals surface area contributed by atoms with Crippen LogP contribution in [0.4, 0.5) is 0 Å². The Kier molecular flexibility index (Phi) is 27.7. The molecule has 0 saturated carbocycles. The van der Waals surface area contributed by atoms with Gasteiger partial charge in [-0.25, -0.2) is 0 Å². The van der Waals surface area contributed by atoms with E-state index >= 15 is 0 Å². The second-order valence-electron chi connectivity index (χ2n) is 8.74. The van der Waals surface area contributed by atoms with E-state index in [1.54, 1.807) is 6.92 Å². The Morgan fingerprint density at radius 1 is 0.895 bits per heavy atom. The standard InChI is InChI=1S/C16H16.C9H14.C6H12O.C3H6O.C2H6/c1-4-14-8-10-15(11-9-14)16-7-5-6-12(2)13(16)3;1-4-6-7-8-9(3)5-2;1-3-4-5-6(2)7;1-3(2)4;1-2/h4-11H,1H2,2-3H3;4-6,8H,2,7H2,1,3H3;3-5H2,1-2H3;1-2H3;1-2H3/b;6-4-,9-8+;;;. The van der Waals surface area contributed by atoms with Gasteiger partial charge in [0.15, 0.2) is 0 Å². The highest BCUT2D eigenvalue weighted by molar-refractivity contribution is 5.75. The lowest BCUT2D eigenvalue weighted by atomic mass is 9.96. The Hall–Kier alpha value is -3.26. The Morgan fingerprint density at radius 2 is 1.45 bits per heavy atom. The monoisotopic (exact) mass is 518 g/mol. The first-order chi connectivity index (χ1) is 18.0. The van der Waals surface area contributed by atoms with E-state index in [2.05, 4.69) is 95.5 Å². The summed E-state index contributed by atoms with van der Waals surface area (Å²) >= 11 is 0. The molecule has 0 unspecified atom stereocenters. The first kappa shape index (κ1) is 39.3. The van der Waals surface area contributed by atoms with Gasteiger partial charge < -0.3 is 9.59 Å². The predicted molar refractivity (Wildman–Crippen MR) is 173 cm³/mol. The van der Waals surface area contributed by atoms with Gasteiger partial charge in [-0.2, -0.15) is 0 Å². The first-order valence-electron chi connectivity index (χ1n) is 13.7. The largest absolute Gasteiger partial charge is 0.300 e. The second-order valence-corrected chi connectivity index (χ2v) is 8.74. The van der Waals surface area contributed by atoms with E-state index < -0.39 is 0 Å². The van der Waals surface area contributed by atoms with Gasteiger partial charge in [0, 0.05) is 6.42 Å². The molecule has 38 heavy (non-hydrogen) atoms. The molecule has 0 heterocycles. The van der Waals surface area contributed by atoms with Crippen molar-refractivity contribution in [1.82, 2.24) is 0 Å². The molecule has 0 radical (unpaired) electrons. The fourth-order valence-corrected chi connectivity index (χ4v) is 2.76. The number of benzene rings is 2. The summed E-state index contributed by atoms with van der Waals surface area (Å²) in [5, 5.41) is 0. The van der Waals surface area contributed by atoms with Crippen LogP contribution in [0.3, 0.4) is 0 Å². The number of unbranched alkanes of at least 4 members (excludes halogenated alkanes) is 1. The van der Waals surface area contributed by atoms with Gasteiger partial charge in [-0.3, -0.25) is 0 Å². The molecule has 2 nitrogen and oxygen atoms in total. The summed E-state index contributed by atoms with van der Waals surface area (Å²) in [7, 11) is 0. The first-order valence-corrected chi connectivity index (χ1v) is 13.7. The third-order valence-electron chi connectivity index (χ3n) is 5.08. The quantitative estimate of drug-likeness (QED) is 0.257.